The molecular formula is C10H10N2O4S2. The first-order valence-electron chi connectivity index (χ1n) is 5.27. The van der Waals surface area contributed by atoms with Gasteiger partial charge in [0.25, 0.3) is 0 Å². The first-order valence-corrected chi connectivity index (χ1v) is 6.90. The third-order valence-corrected chi connectivity index (χ3v) is 3.86. The molecule has 0 aliphatic heterocycles. The van der Waals surface area contributed by atoms with Crippen molar-refractivity contribution < 1.29 is 19.1 Å². The van der Waals surface area contributed by atoms with E-state index in [1.807, 2.05) is 0 Å². The minimum absolute atomic E-state index is 0.251. The zero-order chi connectivity index (χ0) is 13.1. The van der Waals surface area contributed by atoms with Gasteiger partial charge in [-0.15, -0.1) is 0 Å². The van der Waals surface area contributed by atoms with Gasteiger partial charge in [-0.3, -0.25) is 0 Å². The molecule has 0 atom stereocenters. The Morgan fingerprint density at radius 3 is 1.67 bits per heavy atom. The standard InChI is InChI=1S/C10H10N2O4S2/c1-3-15-9(13)7-11-5-6(17-7)12-8(18-5)10(14)16-4-2/h3-4H2,1-2H3. The summed E-state index contributed by atoms with van der Waals surface area (Å²) in [5.74, 6) is -0.934. The summed E-state index contributed by atoms with van der Waals surface area (Å²) in [6.07, 6.45) is 0. The Morgan fingerprint density at radius 2 is 1.33 bits per heavy atom. The van der Waals surface area contributed by atoms with Crippen molar-refractivity contribution in [3.63, 3.8) is 0 Å². The average molecular weight is 286 g/mol. The summed E-state index contributed by atoms with van der Waals surface area (Å²) in [7, 11) is 0. The summed E-state index contributed by atoms with van der Waals surface area (Å²) in [5, 5.41) is 0.502. The van der Waals surface area contributed by atoms with Crippen LogP contribution in [0.2, 0.25) is 0 Å². The maximum atomic E-state index is 11.4. The lowest BCUT2D eigenvalue weighted by Gasteiger charge is -1.96. The number of hydrogen-bond acceptors (Lipinski definition) is 8. The Morgan fingerprint density at radius 1 is 0.944 bits per heavy atom. The number of carbonyl (C=O) groups excluding carboxylic acids is 2. The van der Waals surface area contributed by atoms with E-state index >= 15 is 0 Å². The molecule has 0 radical (unpaired) electrons. The topological polar surface area (TPSA) is 78.4 Å². The Kier molecular flexibility index (Phi) is 3.87. The quantitative estimate of drug-likeness (QED) is 0.801. The monoisotopic (exact) mass is 286 g/mol. The van der Waals surface area contributed by atoms with E-state index in [1.165, 1.54) is 0 Å². The van der Waals surface area contributed by atoms with E-state index in [4.69, 9.17) is 9.47 Å². The molecule has 96 valence electrons. The lowest BCUT2D eigenvalue weighted by Crippen LogP contribution is -2.04. The Bertz CT molecular complexity index is 511. The van der Waals surface area contributed by atoms with E-state index < -0.39 is 11.9 Å². The Labute approximate surface area is 111 Å². The number of hydrogen-bond donors (Lipinski definition) is 0. The van der Waals surface area contributed by atoms with Gasteiger partial charge in [-0.2, -0.15) is 0 Å². The molecule has 18 heavy (non-hydrogen) atoms. The van der Waals surface area contributed by atoms with Gasteiger partial charge in [0.1, 0.15) is 0 Å². The molecule has 2 rings (SSSR count). The second-order valence-electron chi connectivity index (χ2n) is 3.09. The number of carbonyl (C=O) groups is 2. The van der Waals surface area contributed by atoms with Crippen LogP contribution >= 0.6 is 22.7 Å². The maximum absolute atomic E-state index is 11.4. The van der Waals surface area contributed by atoms with E-state index in [9.17, 15) is 9.59 Å². The van der Waals surface area contributed by atoms with Crippen LogP contribution in [0.1, 0.15) is 33.5 Å². The molecule has 0 aliphatic rings. The number of aromatic nitrogens is 2. The smallest absolute Gasteiger partial charge is 0.367 e. The number of rotatable bonds is 4. The molecule has 2 aromatic rings. The van der Waals surface area contributed by atoms with E-state index in [2.05, 4.69) is 9.97 Å². The number of esters is 2. The van der Waals surface area contributed by atoms with Crippen LogP contribution in [0.15, 0.2) is 0 Å². The highest BCUT2D eigenvalue weighted by molar-refractivity contribution is 7.27. The van der Waals surface area contributed by atoms with Gasteiger partial charge < -0.3 is 9.47 Å². The van der Waals surface area contributed by atoms with Crippen LogP contribution in [0, 0.1) is 0 Å². The molecule has 2 heterocycles. The van der Waals surface area contributed by atoms with Crippen LogP contribution in [-0.2, 0) is 9.47 Å². The van der Waals surface area contributed by atoms with Gasteiger partial charge >= 0.3 is 11.9 Å². The van der Waals surface area contributed by atoms with Crippen molar-refractivity contribution in [1.29, 1.82) is 0 Å². The molecule has 0 aliphatic carbocycles. The molecule has 0 aromatic carbocycles. The van der Waals surface area contributed by atoms with Crippen LogP contribution in [-0.4, -0.2) is 35.1 Å². The van der Waals surface area contributed by atoms with Crippen molar-refractivity contribution in [2.24, 2.45) is 0 Å². The molecule has 8 heteroatoms. The minimum atomic E-state index is -0.467. The average Bonchev–Trinajstić information content (AvgIpc) is 2.86. The van der Waals surface area contributed by atoms with Gasteiger partial charge in [0.15, 0.2) is 9.66 Å². The van der Waals surface area contributed by atoms with E-state index in [1.54, 1.807) is 13.8 Å². The van der Waals surface area contributed by atoms with Crippen LogP contribution in [0.3, 0.4) is 0 Å². The largest absolute Gasteiger partial charge is 0.461 e. The summed E-state index contributed by atoms with van der Waals surface area (Å²) in [4.78, 5) is 32.2. The molecule has 2 aromatic heterocycles. The SMILES string of the molecule is CCOC(=O)c1nc2sc(C(=O)OCC)nc2s1. The summed E-state index contributed by atoms with van der Waals surface area (Å²) >= 11 is 2.22. The molecule has 6 nitrogen and oxygen atoms in total. The molecule has 0 saturated carbocycles. The van der Waals surface area contributed by atoms with Gasteiger partial charge in [0, 0.05) is 0 Å². The molecular weight excluding hydrogens is 276 g/mol. The van der Waals surface area contributed by atoms with Gasteiger partial charge in [-0.25, -0.2) is 19.6 Å². The fourth-order valence-corrected chi connectivity index (χ4v) is 3.03. The zero-order valence-corrected chi connectivity index (χ0v) is 11.4. The molecule has 0 spiro atoms. The summed E-state index contributed by atoms with van der Waals surface area (Å²) in [6.45, 7) is 4.05. The third-order valence-electron chi connectivity index (χ3n) is 1.88. The highest BCUT2D eigenvalue weighted by Gasteiger charge is 2.19. The zero-order valence-electron chi connectivity index (χ0n) is 9.76. The van der Waals surface area contributed by atoms with Crippen LogP contribution in [0.25, 0.3) is 9.66 Å². The molecule has 0 fully saturated rings. The highest BCUT2D eigenvalue weighted by Crippen LogP contribution is 2.27. The fourth-order valence-electron chi connectivity index (χ4n) is 1.20. The molecule has 0 unspecified atom stereocenters. The van der Waals surface area contributed by atoms with E-state index in [-0.39, 0.29) is 10.0 Å². The lowest BCUT2D eigenvalue weighted by molar-refractivity contribution is 0.0517. The highest BCUT2D eigenvalue weighted by atomic mass is 32.1. The maximum Gasteiger partial charge on any atom is 0.367 e. The van der Waals surface area contributed by atoms with Crippen molar-refractivity contribution in [3.05, 3.63) is 10.0 Å². The molecule has 0 saturated heterocycles. The molecule has 0 amide bonds. The number of nitrogens with zero attached hydrogens (tertiary/aromatic N) is 2. The summed E-state index contributed by atoms with van der Waals surface area (Å²) in [6, 6.07) is 0. The first-order chi connectivity index (χ1) is 8.65. The normalized spacial score (nSPS) is 10.6. The van der Waals surface area contributed by atoms with Crippen LogP contribution in [0.5, 0.6) is 0 Å². The van der Waals surface area contributed by atoms with Crippen LogP contribution in [0.4, 0.5) is 0 Å². The lowest BCUT2D eigenvalue weighted by atomic mass is 10.7. The second kappa shape index (κ2) is 5.40. The van der Waals surface area contributed by atoms with Gasteiger partial charge in [-0.05, 0) is 13.8 Å². The number of thiazole rings is 2. The predicted molar refractivity (Wildman–Crippen MR) is 67.2 cm³/mol. The minimum Gasteiger partial charge on any atom is -0.461 e. The van der Waals surface area contributed by atoms with Crippen molar-refractivity contribution >= 4 is 44.3 Å². The number of ether oxygens (including phenoxy) is 2. The summed E-state index contributed by atoms with van der Waals surface area (Å²) < 4.78 is 9.67. The van der Waals surface area contributed by atoms with Gasteiger partial charge in [0.05, 0.1) is 13.2 Å². The number of fused-ring (bicyclic) bond motifs is 1. The van der Waals surface area contributed by atoms with Gasteiger partial charge in [-0.1, -0.05) is 22.7 Å². The summed E-state index contributed by atoms with van der Waals surface area (Å²) in [5.41, 5.74) is 0. The predicted octanol–water partition coefficient (Wildman–Crippen LogP) is 2.11. The molecule has 0 N–H and O–H groups in total. The van der Waals surface area contributed by atoms with Crippen molar-refractivity contribution in [2.75, 3.05) is 13.2 Å². The van der Waals surface area contributed by atoms with E-state index in [0.717, 1.165) is 22.7 Å². The molecule has 0 bridgehead atoms. The van der Waals surface area contributed by atoms with Gasteiger partial charge in [0.2, 0.25) is 10.0 Å². The Balaban J connectivity index is 2.25. The van der Waals surface area contributed by atoms with Crippen molar-refractivity contribution in [2.45, 2.75) is 13.8 Å². The Hall–Kier alpha value is -1.54. The second-order valence-corrected chi connectivity index (χ2v) is 5.04. The van der Waals surface area contributed by atoms with Crippen molar-refractivity contribution in [1.82, 2.24) is 9.97 Å². The van der Waals surface area contributed by atoms with E-state index in [0.29, 0.717) is 22.9 Å². The van der Waals surface area contributed by atoms with Crippen molar-refractivity contribution in [3.8, 4) is 0 Å². The third kappa shape index (κ3) is 2.49. The first kappa shape index (κ1) is 12.9. The fraction of sp³-hybridized carbons (Fsp3) is 0.400. The van der Waals surface area contributed by atoms with Crippen LogP contribution < -0.4 is 0 Å².